The van der Waals surface area contributed by atoms with E-state index in [0.29, 0.717) is 6.47 Å². The lowest BCUT2D eigenvalue weighted by Gasteiger charge is -1.85. The highest BCUT2D eigenvalue weighted by Gasteiger charge is 1.77. The summed E-state index contributed by atoms with van der Waals surface area (Å²) in [6.45, 7) is 4.20. The molecule has 0 aromatic carbocycles. The van der Waals surface area contributed by atoms with Gasteiger partial charge < -0.3 is 0 Å². The minimum atomic E-state index is 0.291. The van der Waals surface area contributed by atoms with Crippen LogP contribution in [0.3, 0.4) is 0 Å². The fourth-order valence-corrected chi connectivity index (χ4v) is 0.247. The van der Waals surface area contributed by atoms with Crippen molar-refractivity contribution in [1.29, 1.82) is 0 Å². The van der Waals surface area contributed by atoms with Crippen LogP contribution in [0, 0.1) is 0 Å². The minimum absolute atomic E-state index is 0.291. The fourth-order valence-electron chi connectivity index (χ4n) is 0.247. The number of halogens is 1. The molecule has 0 aliphatic heterocycles. The lowest BCUT2D eigenvalue weighted by atomic mass is 10.3. The standard InChI is InChI=1S/C6H10FN/c1-3-6(2)4-8-5-7/h4-5H,3H2,1-2H3/b6-4+,8-5?. The number of nitrogens with zero attached hydrogens (tertiary/aromatic N) is 1. The van der Waals surface area contributed by atoms with Crippen molar-refractivity contribution in [3.05, 3.63) is 11.8 Å². The topological polar surface area (TPSA) is 12.4 Å². The molecule has 0 amide bonds. The molecule has 0 rings (SSSR count). The monoisotopic (exact) mass is 115 g/mol. The van der Waals surface area contributed by atoms with Crippen LogP contribution in [0.15, 0.2) is 16.8 Å². The zero-order chi connectivity index (χ0) is 6.41. The average Bonchev–Trinajstić information content (AvgIpc) is 1.83. The van der Waals surface area contributed by atoms with E-state index in [4.69, 9.17) is 0 Å². The van der Waals surface area contributed by atoms with Crippen molar-refractivity contribution < 1.29 is 4.39 Å². The molecule has 0 fully saturated rings. The lowest BCUT2D eigenvalue weighted by Crippen LogP contribution is -1.67. The summed E-state index contributed by atoms with van der Waals surface area (Å²) < 4.78 is 11.2. The second-order valence-electron chi connectivity index (χ2n) is 1.58. The first-order chi connectivity index (χ1) is 3.81. The van der Waals surface area contributed by atoms with Crippen LogP contribution in [0.25, 0.3) is 0 Å². The highest BCUT2D eigenvalue weighted by molar-refractivity contribution is 5.45. The van der Waals surface area contributed by atoms with Crippen LogP contribution >= 0.6 is 0 Å². The van der Waals surface area contributed by atoms with E-state index in [9.17, 15) is 4.39 Å². The van der Waals surface area contributed by atoms with E-state index < -0.39 is 0 Å². The van der Waals surface area contributed by atoms with Crippen molar-refractivity contribution in [3.63, 3.8) is 0 Å². The summed E-state index contributed by atoms with van der Waals surface area (Å²) >= 11 is 0. The second-order valence-corrected chi connectivity index (χ2v) is 1.58. The number of aliphatic imine (C=N–C) groups is 1. The maximum atomic E-state index is 11.2. The summed E-state index contributed by atoms with van der Waals surface area (Å²) in [5.41, 5.74) is 1.08. The van der Waals surface area contributed by atoms with Crippen LogP contribution in [0.5, 0.6) is 0 Å². The van der Waals surface area contributed by atoms with Gasteiger partial charge in [0.2, 0.25) is 0 Å². The predicted molar refractivity (Wildman–Crippen MR) is 33.6 cm³/mol. The Morgan fingerprint density at radius 3 is 2.75 bits per heavy atom. The molecule has 0 aromatic heterocycles. The summed E-state index contributed by atoms with van der Waals surface area (Å²) in [7, 11) is 0. The Labute approximate surface area is 48.9 Å². The molecule has 0 bridgehead atoms. The molecule has 0 aromatic rings. The molecule has 0 spiro atoms. The quantitative estimate of drug-likeness (QED) is 0.489. The Kier molecular flexibility index (Phi) is 4.13. The highest BCUT2D eigenvalue weighted by Crippen LogP contribution is 1.96. The van der Waals surface area contributed by atoms with Gasteiger partial charge in [0.1, 0.15) is 0 Å². The molecule has 1 nitrogen and oxygen atoms in total. The van der Waals surface area contributed by atoms with Crippen LogP contribution in [-0.4, -0.2) is 6.47 Å². The molecular weight excluding hydrogens is 105 g/mol. The zero-order valence-corrected chi connectivity index (χ0v) is 5.19. The van der Waals surface area contributed by atoms with Crippen molar-refractivity contribution in [1.82, 2.24) is 0 Å². The van der Waals surface area contributed by atoms with Gasteiger partial charge in [-0.3, -0.25) is 0 Å². The molecule has 0 heterocycles. The summed E-state index contributed by atoms with van der Waals surface area (Å²) in [5.74, 6) is 0. The maximum Gasteiger partial charge on any atom is 0.175 e. The first kappa shape index (κ1) is 7.34. The number of hydrogen-bond acceptors (Lipinski definition) is 1. The zero-order valence-electron chi connectivity index (χ0n) is 5.19. The summed E-state index contributed by atoms with van der Waals surface area (Å²) in [4.78, 5) is 3.29. The molecule has 0 aliphatic carbocycles. The molecule has 8 heavy (non-hydrogen) atoms. The number of hydrogen-bond donors (Lipinski definition) is 0. The van der Waals surface area contributed by atoms with Gasteiger partial charge in [0, 0.05) is 6.20 Å². The normalized spacial score (nSPS) is 13.1. The van der Waals surface area contributed by atoms with Crippen molar-refractivity contribution in [2.75, 3.05) is 0 Å². The lowest BCUT2D eigenvalue weighted by molar-refractivity contribution is 0.840. The number of allylic oxidation sites excluding steroid dienone is 1. The smallest absolute Gasteiger partial charge is 0.175 e. The van der Waals surface area contributed by atoms with Gasteiger partial charge in [-0.2, -0.15) is 4.39 Å². The van der Waals surface area contributed by atoms with Gasteiger partial charge in [-0.05, 0) is 13.3 Å². The average molecular weight is 115 g/mol. The van der Waals surface area contributed by atoms with Crippen LogP contribution in [-0.2, 0) is 0 Å². The van der Waals surface area contributed by atoms with E-state index in [1.165, 1.54) is 6.20 Å². The molecule has 2 heteroatoms. The first-order valence-electron chi connectivity index (χ1n) is 2.58. The van der Waals surface area contributed by atoms with Crippen molar-refractivity contribution in [3.8, 4) is 0 Å². The van der Waals surface area contributed by atoms with E-state index in [1.807, 2.05) is 13.8 Å². The van der Waals surface area contributed by atoms with Crippen molar-refractivity contribution in [2.24, 2.45) is 4.99 Å². The SMILES string of the molecule is CC/C(C)=C/N=CF. The van der Waals surface area contributed by atoms with Crippen LogP contribution in [0.4, 0.5) is 4.39 Å². The molecule has 0 saturated carbocycles. The van der Waals surface area contributed by atoms with Crippen LogP contribution in [0.2, 0.25) is 0 Å². The van der Waals surface area contributed by atoms with Crippen molar-refractivity contribution >= 4 is 6.47 Å². The largest absolute Gasteiger partial charge is 0.235 e. The molecule has 0 atom stereocenters. The van der Waals surface area contributed by atoms with E-state index >= 15 is 0 Å². The fraction of sp³-hybridized carbons (Fsp3) is 0.500. The maximum absolute atomic E-state index is 11.2. The molecule has 0 unspecified atom stereocenters. The molecular formula is C6H10FN. The predicted octanol–water partition coefficient (Wildman–Crippen LogP) is 2.30. The third kappa shape index (κ3) is 3.53. The molecule has 0 saturated heterocycles. The van der Waals surface area contributed by atoms with Gasteiger partial charge in [-0.25, -0.2) is 4.99 Å². The van der Waals surface area contributed by atoms with Gasteiger partial charge in [0.25, 0.3) is 0 Å². The van der Waals surface area contributed by atoms with Crippen LogP contribution < -0.4 is 0 Å². The third-order valence-corrected chi connectivity index (χ3v) is 0.909. The summed E-state index contributed by atoms with van der Waals surface area (Å²) in [6.07, 6.45) is 2.44. The van der Waals surface area contributed by atoms with E-state index in [0.717, 1.165) is 12.0 Å². The van der Waals surface area contributed by atoms with Gasteiger partial charge in [0.15, 0.2) is 6.47 Å². The third-order valence-electron chi connectivity index (χ3n) is 0.909. The Bertz CT molecular complexity index is 105. The first-order valence-corrected chi connectivity index (χ1v) is 2.58. The molecule has 0 radical (unpaired) electrons. The van der Waals surface area contributed by atoms with Gasteiger partial charge >= 0.3 is 0 Å². The van der Waals surface area contributed by atoms with Gasteiger partial charge in [-0.1, -0.05) is 12.5 Å². The highest BCUT2D eigenvalue weighted by atomic mass is 19.1. The minimum Gasteiger partial charge on any atom is -0.235 e. The van der Waals surface area contributed by atoms with E-state index in [1.54, 1.807) is 0 Å². The molecule has 46 valence electrons. The number of rotatable bonds is 2. The van der Waals surface area contributed by atoms with E-state index in [-0.39, 0.29) is 0 Å². The second kappa shape index (κ2) is 4.50. The van der Waals surface area contributed by atoms with Crippen molar-refractivity contribution in [2.45, 2.75) is 20.3 Å². The van der Waals surface area contributed by atoms with Gasteiger partial charge in [0.05, 0.1) is 0 Å². The van der Waals surface area contributed by atoms with E-state index in [2.05, 4.69) is 4.99 Å². The van der Waals surface area contributed by atoms with Gasteiger partial charge in [-0.15, -0.1) is 0 Å². The Morgan fingerprint density at radius 2 is 2.38 bits per heavy atom. The summed E-state index contributed by atoms with van der Waals surface area (Å²) in [5, 5.41) is 0. The van der Waals surface area contributed by atoms with Crippen LogP contribution in [0.1, 0.15) is 20.3 Å². The Hall–Kier alpha value is -0.660. The summed E-state index contributed by atoms with van der Waals surface area (Å²) in [6, 6.07) is 0. The molecule has 0 aliphatic rings. The Morgan fingerprint density at radius 1 is 1.75 bits per heavy atom. The molecule has 0 N–H and O–H groups in total. The Balaban J connectivity index is 3.57.